The lowest BCUT2D eigenvalue weighted by Gasteiger charge is -2.18. The third-order valence-corrected chi connectivity index (χ3v) is 4.72. The van der Waals surface area contributed by atoms with E-state index in [1.165, 1.54) is 25.1 Å². The van der Waals surface area contributed by atoms with Crippen molar-refractivity contribution in [2.24, 2.45) is 0 Å². The SMILES string of the molecule is CC(=O)c1ccc(NC2CCN(Cc3ccc(C)cc3)C2=O)c([N+](=O)[O-])c1. The summed E-state index contributed by atoms with van der Waals surface area (Å²) in [6.07, 6.45) is 0.566. The molecule has 7 nitrogen and oxygen atoms in total. The zero-order valence-electron chi connectivity index (χ0n) is 15.3. The molecule has 1 unspecified atom stereocenters. The number of ketones is 1. The van der Waals surface area contributed by atoms with Crippen molar-refractivity contribution in [3.05, 3.63) is 69.3 Å². The van der Waals surface area contributed by atoms with E-state index in [2.05, 4.69) is 5.32 Å². The molecule has 1 atom stereocenters. The summed E-state index contributed by atoms with van der Waals surface area (Å²) >= 11 is 0. The number of amides is 1. The Morgan fingerprint density at radius 2 is 1.96 bits per heavy atom. The van der Waals surface area contributed by atoms with Gasteiger partial charge in [0.25, 0.3) is 5.69 Å². The highest BCUT2D eigenvalue weighted by atomic mass is 16.6. The molecule has 2 aromatic carbocycles. The number of nitro groups is 1. The molecule has 1 aliphatic heterocycles. The summed E-state index contributed by atoms with van der Waals surface area (Å²) in [6.45, 7) is 4.47. The van der Waals surface area contributed by atoms with Crippen LogP contribution in [0, 0.1) is 17.0 Å². The lowest BCUT2D eigenvalue weighted by atomic mass is 10.1. The third kappa shape index (κ3) is 4.13. The Bertz CT molecular complexity index is 893. The number of benzene rings is 2. The van der Waals surface area contributed by atoms with E-state index < -0.39 is 11.0 Å². The van der Waals surface area contributed by atoms with Gasteiger partial charge in [0.2, 0.25) is 5.91 Å². The second-order valence-corrected chi connectivity index (χ2v) is 6.78. The van der Waals surface area contributed by atoms with Gasteiger partial charge >= 0.3 is 0 Å². The van der Waals surface area contributed by atoms with E-state index >= 15 is 0 Å². The van der Waals surface area contributed by atoms with Crippen LogP contribution in [0.4, 0.5) is 11.4 Å². The molecule has 7 heteroatoms. The average Bonchev–Trinajstić information content (AvgIpc) is 2.97. The van der Waals surface area contributed by atoms with Gasteiger partial charge in [0.15, 0.2) is 5.78 Å². The molecule has 27 heavy (non-hydrogen) atoms. The summed E-state index contributed by atoms with van der Waals surface area (Å²) in [7, 11) is 0. The maximum atomic E-state index is 12.7. The van der Waals surface area contributed by atoms with Crippen LogP contribution < -0.4 is 5.32 Å². The van der Waals surface area contributed by atoms with E-state index in [-0.39, 0.29) is 28.6 Å². The molecule has 0 spiro atoms. The van der Waals surface area contributed by atoms with Gasteiger partial charge < -0.3 is 10.2 Å². The first-order valence-corrected chi connectivity index (χ1v) is 8.75. The molecule has 140 valence electrons. The monoisotopic (exact) mass is 367 g/mol. The van der Waals surface area contributed by atoms with E-state index in [0.717, 1.165) is 11.1 Å². The Labute approximate surface area is 157 Å². The minimum Gasteiger partial charge on any atom is -0.368 e. The standard InChI is InChI=1S/C20H21N3O4/c1-13-3-5-15(6-4-13)12-22-10-9-18(20(22)25)21-17-8-7-16(14(2)24)11-19(17)23(26)27/h3-8,11,18,21H,9-10,12H2,1-2H3. The topological polar surface area (TPSA) is 92.6 Å². The number of nitrogens with one attached hydrogen (secondary N) is 1. The maximum absolute atomic E-state index is 12.7. The summed E-state index contributed by atoms with van der Waals surface area (Å²) in [4.78, 5) is 36.7. The molecular weight excluding hydrogens is 346 g/mol. The summed E-state index contributed by atoms with van der Waals surface area (Å²) in [5, 5.41) is 14.3. The van der Waals surface area contributed by atoms with Crippen LogP contribution in [0.2, 0.25) is 0 Å². The lowest BCUT2D eigenvalue weighted by Crippen LogP contribution is -2.33. The number of anilines is 1. The highest BCUT2D eigenvalue weighted by Gasteiger charge is 2.33. The molecule has 1 aliphatic rings. The number of likely N-dealkylation sites (tertiary alicyclic amines) is 1. The van der Waals surface area contributed by atoms with E-state index in [4.69, 9.17) is 0 Å². The van der Waals surface area contributed by atoms with Crippen LogP contribution in [0.3, 0.4) is 0 Å². The van der Waals surface area contributed by atoms with E-state index in [1.807, 2.05) is 31.2 Å². The molecule has 0 aromatic heterocycles. The fourth-order valence-corrected chi connectivity index (χ4v) is 3.16. The van der Waals surface area contributed by atoms with Crippen molar-refractivity contribution in [3.8, 4) is 0 Å². The molecule has 2 aromatic rings. The van der Waals surface area contributed by atoms with Crippen LogP contribution in [0.15, 0.2) is 42.5 Å². The number of carbonyl (C=O) groups excluding carboxylic acids is 2. The molecule has 1 saturated heterocycles. The first-order valence-electron chi connectivity index (χ1n) is 8.75. The predicted molar refractivity (Wildman–Crippen MR) is 102 cm³/mol. The molecule has 1 amide bonds. The molecule has 1 N–H and O–H groups in total. The fourth-order valence-electron chi connectivity index (χ4n) is 3.16. The zero-order chi connectivity index (χ0) is 19.6. The van der Waals surface area contributed by atoms with Crippen LogP contribution in [0.5, 0.6) is 0 Å². The lowest BCUT2D eigenvalue weighted by molar-refractivity contribution is -0.384. The smallest absolute Gasteiger partial charge is 0.293 e. The van der Waals surface area contributed by atoms with Crippen molar-refractivity contribution >= 4 is 23.1 Å². The van der Waals surface area contributed by atoms with Crippen molar-refractivity contribution in [1.82, 2.24) is 4.90 Å². The predicted octanol–water partition coefficient (Wildman–Crippen LogP) is 3.32. The van der Waals surface area contributed by atoms with Gasteiger partial charge in [-0.1, -0.05) is 29.8 Å². The number of carbonyl (C=O) groups is 2. The van der Waals surface area contributed by atoms with Crippen LogP contribution in [0.1, 0.15) is 34.8 Å². The largest absolute Gasteiger partial charge is 0.368 e. The van der Waals surface area contributed by atoms with Gasteiger partial charge in [-0.15, -0.1) is 0 Å². The fraction of sp³-hybridized carbons (Fsp3) is 0.300. The van der Waals surface area contributed by atoms with Crippen molar-refractivity contribution < 1.29 is 14.5 Å². The molecule has 0 bridgehead atoms. The average molecular weight is 367 g/mol. The van der Waals surface area contributed by atoms with Gasteiger partial charge in [-0.05, 0) is 38.0 Å². The number of hydrogen-bond acceptors (Lipinski definition) is 5. The summed E-state index contributed by atoms with van der Waals surface area (Å²) in [5.74, 6) is -0.327. The van der Waals surface area contributed by atoms with E-state index in [9.17, 15) is 19.7 Å². The second-order valence-electron chi connectivity index (χ2n) is 6.78. The van der Waals surface area contributed by atoms with Crippen molar-refractivity contribution in [3.63, 3.8) is 0 Å². The normalized spacial score (nSPS) is 16.4. The van der Waals surface area contributed by atoms with Crippen LogP contribution in [-0.2, 0) is 11.3 Å². The highest BCUT2D eigenvalue weighted by Crippen LogP contribution is 2.28. The Balaban J connectivity index is 1.73. The number of rotatable bonds is 6. The van der Waals surface area contributed by atoms with Crippen molar-refractivity contribution in [2.75, 3.05) is 11.9 Å². The maximum Gasteiger partial charge on any atom is 0.293 e. The van der Waals surface area contributed by atoms with Gasteiger partial charge in [-0.2, -0.15) is 0 Å². The van der Waals surface area contributed by atoms with Crippen LogP contribution >= 0.6 is 0 Å². The highest BCUT2D eigenvalue weighted by molar-refractivity contribution is 5.96. The van der Waals surface area contributed by atoms with Gasteiger partial charge in [0, 0.05) is 24.7 Å². The van der Waals surface area contributed by atoms with Gasteiger partial charge in [0.1, 0.15) is 11.7 Å². The van der Waals surface area contributed by atoms with Crippen LogP contribution in [0.25, 0.3) is 0 Å². The minimum absolute atomic E-state index is 0.0829. The number of nitro benzene ring substituents is 1. The minimum atomic E-state index is -0.543. The van der Waals surface area contributed by atoms with Crippen molar-refractivity contribution in [2.45, 2.75) is 32.9 Å². The molecule has 1 fully saturated rings. The third-order valence-electron chi connectivity index (χ3n) is 4.72. The Hall–Kier alpha value is -3.22. The first-order chi connectivity index (χ1) is 12.8. The summed E-state index contributed by atoms with van der Waals surface area (Å²) in [6, 6.07) is 11.7. The number of nitrogens with zero attached hydrogens (tertiary/aromatic N) is 2. The number of hydrogen-bond donors (Lipinski definition) is 1. The summed E-state index contributed by atoms with van der Waals surface area (Å²) < 4.78 is 0. The van der Waals surface area contributed by atoms with Gasteiger partial charge in [-0.3, -0.25) is 19.7 Å². The molecule has 0 radical (unpaired) electrons. The van der Waals surface area contributed by atoms with Gasteiger partial charge in [-0.25, -0.2) is 0 Å². The molecular formula is C20H21N3O4. The van der Waals surface area contributed by atoms with E-state index in [1.54, 1.807) is 4.90 Å². The molecule has 3 rings (SSSR count). The number of aryl methyl sites for hydroxylation is 1. The zero-order valence-corrected chi connectivity index (χ0v) is 15.3. The summed E-state index contributed by atoms with van der Waals surface area (Å²) in [5.41, 5.74) is 2.53. The molecule has 1 heterocycles. The first kappa shape index (κ1) is 18.6. The number of Topliss-reactive ketones (excluding diaryl/α,β-unsaturated/α-hetero) is 1. The Morgan fingerprint density at radius 1 is 1.26 bits per heavy atom. The molecule has 0 saturated carbocycles. The molecule has 0 aliphatic carbocycles. The van der Waals surface area contributed by atoms with E-state index in [0.29, 0.717) is 19.5 Å². The Kier molecular flexibility index (Phi) is 5.21. The quantitative estimate of drug-likeness (QED) is 0.480. The Morgan fingerprint density at radius 3 is 2.59 bits per heavy atom. The van der Waals surface area contributed by atoms with Crippen LogP contribution in [-0.4, -0.2) is 34.1 Å². The second kappa shape index (κ2) is 7.57. The van der Waals surface area contributed by atoms with Crippen molar-refractivity contribution in [1.29, 1.82) is 0 Å². The van der Waals surface area contributed by atoms with Gasteiger partial charge in [0.05, 0.1) is 4.92 Å².